The summed E-state index contributed by atoms with van der Waals surface area (Å²) in [7, 11) is 0. The van der Waals surface area contributed by atoms with Gasteiger partial charge in [-0.1, -0.05) is 0 Å². The van der Waals surface area contributed by atoms with Crippen LogP contribution in [0.25, 0.3) is 0 Å². The van der Waals surface area contributed by atoms with E-state index in [1.54, 1.807) is 0 Å². The van der Waals surface area contributed by atoms with Crippen molar-refractivity contribution in [3.8, 4) is 0 Å². The van der Waals surface area contributed by atoms with Crippen molar-refractivity contribution in [3.05, 3.63) is 0 Å². The van der Waals surface area contributed by atoms with E-state index in [0.29, 0.717) is 0 Å². The van der Waals surface area contributed by atoms with Gasteiger partial charge in [0.2, 0.25) is 0 Å². The molecule has 0 saturated heterocycles. The molecule has 0 fully saturated rings. The number of hydrogen-bond donors (Lipinski definition) is 1. The third-order valence-electron chi connectivity index (χ3n) is 0.0609. The molecule has 6 heteroatoms. The van der Waals surface area contributed by atoms with Crippen LogP contribution in [0.2, 0.25) is 0 Å². The minimum atomic E-state index is -2.77. The van der Waals surface area contributed by atoms with Crippen molar-refractivity contribution < 1.29 is 49.3 Å². The predicted octanol–water partition coefficient (Wildman–Crippen LogP) is -3.61. The Labute approximate surface area is 60.7 Å². The molecule has 0 aromatic rings. The van der Waals surface area contributed by atoms with E-state index in [-0.39, 0.29) is 31.0 Å². The zero-order chi connectivity index (χ0) is 4.28. The van der Waals surface area contributed by atoms with E-state index in [0.717, 1.165) is 0 Å². The molecule has 6 heavy (non-hydrogen) atoms. The van der Waals surface area contributed by atoms with E-state index in [2.05, 4.69) is 4.33 Å². The molecule has 0 aliphatic rings. The van der Waals surface area contributed by atoms with Gasteiger partial charge in [-0.05, 0) is 0 Å². The van der Waals surface area contributed by atoms with Gasteiger partial charge in [0.1, 0.15) is 11.4 Å². The zero-order valence-corrected chi connectivity index (χ0v) is 5.90. The SMILES string of the molecule is O=S([O-])OO.[H-].[Na+]. The van der Waals surface area contributed by atoms with E-state index in [1.807, 2.05) is 0 Å². The molecule has 0 bridgehead atoms. The van der Waals surface area contributed by atoms with Gasteiger partial charge in [-0.2, -0.15) is 0 Å². The molecule has 1 N–H and O–H groups in total. The molecular weight excluding hydrogens is 119 g/mol. The summed E-state index contributed by atoms with van der Waals surface area (Å²) in [5.41, 5.74) is 0. The molecule has 34 valence electrons. The van der Waals surface area contributed by atoms with E-state index in [1.165, 1.54) is 0 Å². The Hall–Kier alpha value is 1.03. The van der Waals surface area contributed by atoms with Crippen molar-refractivity contribution in [1.29, 1.82) is 0 Å². The Morgan fingerprint density at radius 2 is 2.17 bits per heavy atom. The standard InChI is InChI=1S/Na.H2O4S.H/c;1-4-5(2)3;/h;1H,(H,2,3);/q+1;;-1/p-1. The third-order valence-corrected chi connectivity index (χ3v) is 0.183. The summed E-state index contributed by atoms with van der Waals surface area (Å²) in [6, 6.07) is 0. The van der Waals surface area contributed by atoms with Crippen LogP contribution in [0.1, 0.15) is 1.43 Å². The molecule has 1 unspecified atom stereocenters. The van der Waals surface area contributed by atoms with Gasteiger partial charge in [0.05, 0.1) is 0 Å². The minimum Gasteiger partial charge on any atom is -1.00 e. The Bertz CT molecular complexity index is 47.0. The van der Waals surface area contributed by atoms with Gasteiger partial charge in [-0.3, -0.25) is 0 Å². The number of rotatable bonds is 1. The van der Waals surface area contributed by atoms with Crippen molar-refractivity contribution in [2.45, 2.75) is 0 Å². The van der Waals surface area contributed by atoms with Crippen molar-refractivity contribution in [3.63, 3.8) is 0 Å². The van der Waals surface area contributed by atoms with Gasteiger partial charge in [0.15, 0.2) is 0 Å². The maximum Gasteiger partial charge on any atom is 1.00 e. The summed E-state index contributed by atoms with van der Waals surface area (Å²) >= 11 is -2.77. The quantitative estimate of drug-likeness (QED) is 0.168. The fourth-order valence-corrected chi connectivity index (χ4v) is 0. The first kappa shape index (κ1) is 10.1. The summed E-state index contributed by atoms with van der Waals surface area (Å²) in [5, 5.41) is 7.03. The molecule has 0 aromatic heterocycles. The Morgan fingerprint density at radius 1 is 2.00 bits per heavy atom. The minimum absolute atomic E-state index is 0. The second-order valence-corrected chi connectivity index (χ2v) is 0.836. The van der Waals surface area contributed by atoms with Crippen LogP contribution in [0.4, 0.5) is 0 Å². The van der Waals surface area contributed by atoms with Crippen LogP contribution in [0.5, 0.6) is 0 Å². The molecule has 0 aromatic carbocycles. The molecule has 0 saturated carbocycles. The fraction of sp³-hybridized carbons (Fsp3) is 0. The fourth-order valence-electron chi connectivity index (χ4n) is 0. The van der Waals surface area contributed by atoms with Gasteiger partial charge in [0.25, 0.3) is 0 Å². The molecule has 0 radical (unpaired) electrons. The van der Waals surface area contributed by atoms with Crippen molar-refractivity contribution in [1.82, 2.24) is 0 Å². The molecule has 0 spiro atoms. The third kappa shape index (κ3) is 8.90. The Morgan fingerprint density at radius 3 is 2.17 bits per heavy atom. The van der Waals surface area contributed by atoms with E-state index < -0.39 is 11.4 Å². The summed E-state index contributed by atoms with van der Waals surface area (Å²) < 4.78 is 20.5. The van der Waals surface area contributed by atoms with Gasteiger partial charge < -0.3 is 5.98 Å². The van der Waals surface area contributed by atoms with E-state index in [4.69, 9.17) is 14.0 Å². The first-order chi connectivity index (χ1) is 2.27. The molecule has 0 aliphatic heterocycles. The van der Waals surface area contributed by atoms with Gasteiger partial charge in [-0.25, -0.2) is 9.47 Å². The van der Waals surface area contributed by atoms with Crippen LogP contribution < -0.4 is 29.6 Å². The smallest absolute Gasteiger partial charge is 1.00 e. The second-order valence-electron chi connectivity index (χ2n) is 0.279. The van der Waals surface area contributed by atoms with E-state index >= 15 is 0 Å². The average molecular weight is 121 g/mol. The van der Waals surface area contributed by atoms with Crippen molar-refractivity contribution >= 4 is 11.4 Å². The van der Waals surface area contributed by atoms with Crippen molar-refractivity contribution in [2.24, 2.45) is 0 Å². The van der Waals surface area contributed by atoms with Crippen LogP contribution in [0, 0.1) is 0 Å². The van der Waals surface area contributed by atoms with Gasteiger partial charge in [0, 0.05) is 0 Å². The van der Waals surface area contributed by atoms with Gasteiger partial charge >= 0.3 is 29.6 Å². The first-order valence-corrected chi connectivity index (χ1v) is 1.68. The molecular formula is H2NaO4S-. The largest absolute Gasteiger partial charge is 1.00 e. The number of hydrogen-bond acceptors (Lipinski definition) is 4. The van der Waals surface area contributed by atoms with Crippen LogP contribution >= 0.6 is 0 Å². The van der Waals surface area contributed by atoms with Crippen LogP contribution in [-0.2, 0) is 15.7 Å². The monoisotopic (exact) mass is 121 g/mol. The molecule has 1 atom stereocenters. The zero-order valence-electron chi connectivity index (χ0n) is 4.08. The van der Waals surface area contributed by atoms with E-state index in [9.17, 15) is 0 Å². The van der Waals surface area contributed by atoms with Crippen LogP contribution in [0.15, 0.2) is 0 Å². The Kier molecular flexibility index (Phi) is 10.2. The molecule has 0 rings (SSSR count). The first-order valence-electron chi connectivity index (χ1n) is 0.683. The predicted molar refractivity (Wildman–Crippen MR) is 13.7 cm³/mol. The van der Waals surface area contributed by atoms with Crippen LogP contribution in [-0.4, -0.2) is 14.0 Å². The molecule has 0 heterocycles. The second kappa shape index (κ2) is 6.03. The van der Waals surface area contributed by atoms with Crippen LogP contribution in [0.3, 0.4) is 0 Å². The maximum absolute atomic E-state index is 8.90. The molecule has 0 aliphatic carbocycles. The maximum atomic E-state index is 8.90. The topological polar surface area (TPSA) is 69.6 Å². The van der Waals surface area contributed by atoms with Crippen molar-refractivity contribution in [2.75, 3.05) is 0 Å². The molecule has 4 nitrogen and oxygen atoms in total. The molecule has 0 amide bonds. The summed E-state index contributed by atoms with van der Waals surface area (Å²) in [4.78, 5) is 0. The average Bonchev–Trinajstić information content (AvgIpc) is 1.38. The normalized spacial score (nSPS) is 12.3. The summed E-state index contributed by atoms with van der Waals surface area (Å²) in [5.74, 6) is 0. The Balaban J connectivity index is -0.0000000800. The summed E-state index contributed by atoms with van der Waals surface area (Å²) in [6.07, 6.45) is 0. The summed E-state index contributed by atoms with van der Waals surface area (Å²) in [6.45, 7) is 0. The van der Waals surface area contributed by atoms with Gasteiger partial charge in [-0.15, -0.1) is 4.33 Å².